The lowest BCUT2D eigenvalue weighted by atomic mass is 10.1. The minimum Gasteiger partial charge on any atom is -0.476 e. The first-order chi connectivity index (χ1) is 9.78. The maximum absolute atomic E-state index is 5.96. The summed E-state index contributed by atoms with van der Waals surface area (Å²) in [4.78, 5) is 8.06. The number of anilines is 1. The lowest BCUT2D eigenvalue weighted by Gasteiger charge is -2.11. The molecule has 5 nitrogen and oxygen atoms in total. The molecule has 1 heterocycles. The number of benzene rings is 1. The molecule has 104 valence electrons. The zero-order chi connectivity index (χ0) is 13.9. The largest absolute Gasteiger partial charge is 0.476 e. The first kappa shape index (κ1) is 12.7. The van der Waals surface area contributed by atoms with E-state index in [9.17, 15) is 0 Å². The second-order valence-corrected chi connectivity index (χ2v) is 4.72. The van der Waals surface area contributed by atoms with E-state index in [0.717, 1.165) is 18.6 Å². The van der Waals surface area contributed by atoms with E-state index in [1.807, 2.05) is 13.0 Å². The van der Waals surface area contributed by atoms with Gasteiger partial charge >= 0.3 is 0 Å². The van der Waals surface area contributed by atoms with Gasteiger partial charge in [0.1, 0.15) is 12.1 Å². The SMILES string of the molecule is CCOc1ncnc(Oc2ccc3c(c2)CCC3)c1N. The fourth-order valence-corrected chi connectivity index (χ4v) is 2.42. The molecule has 2 N–H and O–H groups in total. The Bertz CT molecular complexity index is 629. The van der Waals surface area contributed by atoms with Crippen molar-refractivity contribution in [1.82, 2.24) is 9.97 Å². The van der Waals surface area contributed by atoms with E-state index in [-0.39, 0.29) is 0 Å². The number of rotatable bonds is 4. The number of aryl methyl sites for hydroxylation is 2. The molecule has 0 saturated carbocycles. The summed E-state index contributed by atoms with van der Waals surface area (Å²) in [7, 11) is 0. The van der Waals surface area contributed by atoms with Crippen molar-refractivity contribution in [2.24, 2.45) is 0 Å². The van der Waals surface area contributed by atoms with Gasteiger partial charge in [0, 0.05) is 0 Å². The van der Waals surface area contributed by atoms with E-state index >= 15 is 0 Å². The van der Waals surface area contributed by atoms with Gasteiger partial charge in [-0.15, -0.1) is 0 Å². The lowest BCUT2D eigenvalue weighted by molar-refractivity contribution is 0.325. The zero-order valence-corrected chi connectivity index (χ0v) is 11.4. The maximum atomic E-state index is 5.96. The highest BCUT2D eigenvalue weighted by Crippen LogP contribution is 2.32. The normalized spacial score (nSPS) is 13.1. The standard InChI is InChI=1S/C15H17N3O2/c1-2-19-14-13(16)15(18-9-17-14)20-12-7-6-10-4-3-5-11(10)8-12/h6-9H,2-5,16H2,1H3. The van der Waals surface area contributed by atoms with Crippen LogP contribution in [0.2, 0.25) is 0 Å². The summed E-state index contributed by atoms with van der Waals surface area (Å²) in [6.45, 7) is 2.38. The molecule has 0 aliphatic heterocycles. The highest BCUT2D eigenvalue weighted by molar-refractivity contribution is 5.57. The number of hydrogen-bond acceptors (Lipinski definition) is 5. The van der Waals surface area contributed by atoms with Gasteiger partial charge < -0.3 is 15.2 Å². The van der Waals surface area contributed by atoms with E-state index < -0.39 is 0 Å². The molecule has 3 rings (SSSR count). The minimum absolute atomic E-state index is 0.329. The molecule has 0 spiro atoms. The van der Waals surface area contributed by atoms with Crippen molar-refractivity contribution in [2.45, 2.75) is 26.2 Å². The summed E-state index contributed by atoms with van der Waals surface area (Å²) in [5, 5.41) is 0. The Balaban J connectivity index is 1.86. The summed E-state index contributed by atoms with van der Waals surface area (Å²) in [6, 6.07) is 6.12. The molecule has 0 amide bonds. The number of hydrogen-bond donors (Lipinski definition) is 1. The summed E-state index contributed by atoms with van der Waals surface area (Å²) in [5.41, 5.74) is 9.04. The number of nitrogen functional groups attached to an aromatic ring is 1. The molecular formula is C15H17N3O2. The average molecular weight is 271 g/mol. The molecule has 1 aromatic heterocycles. The fraction of sp³-hybridized carbons (Fsp3) is 0.333. The average Bonchev–Trinajstić information content (AvgIpc) is 2.91. The van der Waals surface area contributed by atoms with Gasteiger partial charge in [-0.2, -0.15) is 9.97 Å². The van der Waals surface area contributed by atoms with E-state index in [2.05, 4.69) is 22.1 Å². The Kier molecular flexibility index (Phi) is 3.41. The molecule has 5 heteroatoms. The van der Waals surface area contributed by atoms with Crippen molar-refractivity contribution in [3.8, 4) is 17.5 Å². The third kappa shape index (κ3) is 2.39. The van der Waals surface area contributed by atoms with Gasteiger partial charge in [0.15, 0.2) is 5.69 Å². The van der Waals surface area contributed by atoms with Crippen molar-refractivity contribution in [3.63, 3.8) is 0 Å². The van der Waals surface area contributed by atoms with Gasteiger partial charge in [0.05, 0.1) is 6.61 Å². The predicted octanol–water partition coefficient (Wildman–Crippen LogP) is 2.74. The third-order valence-corrected chi connectivity index (χ3v) is 3.38. The summed E-state index contributed by atoms with van der Waals surface area (Å²) in [5.74, 6) is 1.44. The minimum atomic E-state index is 0.329. The predicted molar refractivity (Wildman–Crippen MR) is 76.2 cm³/mol. The fourth-order valence-electron chi connectivity index (χ4n) is 2.42. The van der Waals surface area contributed by atoms with Crippen LogP contribution < -0.4 is 15.2 Å². The van der Waals surface area contributed by atoms with Crippen LogP contribution in [-0.4, -0.2) is 16.6 Å². The van der Waals surface area contributed by atoms with Crippen LogP contribution in [0.25, 0.3) is 0 Å². The Hall–Kier alpha value is -2.30. The molecule has 1 aromatic carbocycles. The maximum Gasteiger partial charge on any atom is 0.249 e. The smallest absolute Gasteiger partial charge is 0.249 e. The first-order valence-corrected chi connectivity index (χ1v) is 6.81. The van der Waals surface area contributed by atoms with Crippen LogP contribution in [0.15, 0.2) is 24.5 Å². The molecule has 0 atom stereocenters. The molecular weight excluding hydrogens is 254 g/mol. The van der Waals surface area contributed by atoms with E-state index in [1.165, 1.54) is 23.9 Å². The topological polar surface area (TPSA) is 70.3 Å². The van der Waals surface area contributed by atoms with Crippen LogP contribution in [0.4, 0.5) is 5.69 Å². The molecule has 20 heavy (non-hydrogen) atoms. The number of nitrogens with two attached hydrogens (primary N) is 1. The molecule has 2 aromatic rings. The van der Waals surface area contributed by atoms with Crippen LogP contribution in [0, 0.1) is 0 Å². The van der Waals surface area contributed by atoms with Gasteiger partial charge in [-0.1, -0.05) is 6.07 Å². The van der Waals surface area contributed by atoms with E-state index in [0.29, 0.717) is 24.1 Å². The molecule has 1 aliphatic carbocycles. The Morgan fingerprint density at radius 2 is 1.95 bits per heavy atom. The van der Waals surface area contributed by atoms with Gasteiger partial charge in [-0.05, 0) is 49.4 Å². The number of ether oxygens (including phenoxy) is 2. The zero-order valence-electron chi connectivity index (χ0n) is 11.4. The van der Waals surface area contributed by atoms with Crippen molar-refractivity contribution < 1.29 is 9.47 Å². The quantitative estimate of drug-likeness (QED) is 0.925. The van der Waals surface area contributed by atoms with Crippen LogP contribution in [0.3, 0.4) is 0 Å². The highest BCUT2D eigenvalue weighted by Gasteiger charge is 2.14. The third-order valence-electron chi connectivity index (χ3n) is 3.38. The van der Waals surface area contributed by atoms with Crippen LogP contribution >= 0.6 is 0 Å². The highest BCUT2D eigenvalue weighted by atomic mass is 16.5. The van der Waals surface area contributed by atoms with E-state index in [4.69, 9.17) is 15.2 Å². The number of fused-ring (bicyclic) bond motifs is 1. The van der Waals surface area contributed by atoms with Gasteiger partial charge in [0.25, 0.3) is 0 Å². The number of nitrogens with zero attached hydrogens (tertiary/aromatic N) is 2. The molecule has 0 unspecified atom stereocenters. The molecule has 0 radical (unpaired) electrons. The summed E-state index contributed by atoms with van der Waals surface area (Å²) in [6.07, 6.45) is 4.86. The Morgan fingerprint density at radius 1 is 1.15 bits per heavy atom. The first-order valence-electron chi connectivity index (χ1n) is 6.81. The summed E-state index contributed by atoms with van der Waals surface area (Å²) < 4.78 is 11.1. The van der Waals surface area contributed by atoms with Gasteiger partial charge in [-0.3, -0.25) is 0 Å². The van der Waals surface area contributed by atoms with Gasteiger partial charge in [-0.25, -0.2) is 0 Å². The lowest BCUT2D eigenvalue weighted by Crippen LogP contribution is -2.03. The molecule has 0 fully saturated rings. The monoisotopic (exact) mass is 271 g/mol. The van der Waals surface area contributed by atoms with Crippen molar-refractivity contribution in [2.75, 3.05) is 12.3 Å². The molecule has 0 bridgehead atoms. The number of aromatic nitrogens is 2. The second-order valence-electron chi connectivity index (χ2n) is 4.72. The van der Waals surface area contributed by atoms with Crippen molar-refractivity contribution >= 4 is 5.69 Å². The molecule has 1 aliphatic rings. The van der Waals surface area contributed by atoms with Crippen LogP contribution in [-0.2, 0) is 12.8 Å². The van der Waals surface area contributed by atoms with Crippen molar-refractivity contribution in [3.05, 3.63) is 35.7 Å². The Morgan fingerprint density at radius 3 is 2.80 bits per heavy atom. The van der Waals surface area contributed by atoms with Crippen LogP contribution in [0.5, 0.6) is 17.5 Å². The Labute approximate surface area is 117 Å². The van der Waals surface area contributed by atoms with E-state index in [1.54, 1.807) is 0 Å². The van der Waals surface area contributed by atoms with Crippen LogP contribution in [0.1, 0.15) is 24.5 Å². The second kappa shape index (κ2) is 5.36. The summed E-state index contributed by atoms with van der Waals surface area (Å²) >= 11 is 0. The van der Waals surface area contributed by atoms with Crippen molar-refractivity contribution in [1.29, 1.82) is 0 Å². The van der Waals surface area contributed by atoms with Gasteiger partial charge in [0.2, 0.25) is 11.8 Å². The molecule has 0 saturated heterocycles.